The molecule has 82 valence electrons. The van der Waals surface area contributed by atoms with Crippen LogP contribution in [-0.4, -0.2) is 29.9 Å². The molecule has 0 aromatic heterocycles. The van der Waals surface area contributed by atoms with Crippen molar-refractivity contribution in [3.8, 4) is 0 Å². The van der Waals surface area contributed by atoms with E-state index in [-0.39, 0.29) is 18.4 Å². The predicted octanol–water partition coefficient (Wildman–Crippen LogP) is 0.540. The van der Waals surface area contributed by atoms with Gasteiger partial charge in [0.05, 0.1) is 18.1 Å². The van der Waals surface area contributed by atoms with Crippen molar-refractivity contribution in [3.05, 3.63) is 11.6 Å². The number of methoxy groups -OCH3 is 1. The van der Waals surface area contributed by atoms with E-state index in [2.05, 4.69) is 4.74 Å². The highest BCUT2D eigenvalue weighted by atomic mass is 16.5. The van der Waals surface area contributed by atoms with Crippen LogP contribution in [0.3, 0.4) is 0 Å². The van der Waals surface area contributed by atoms with Crippen LogP contribution in [0, 0.1) is 5.41 Å². The summed E-state index contributed by atoms with van der Waals surface area (Å²) in [5, 5.41) is 8.75. The number of carboxylic acid groups (broad SMARTS) is 1. The number of hydrogen-bond acceptors (Lipinski definition) is 4. The van der Waals surface area contributed by atoms with Gasteiger partial charge in [0.2, 0.25) is 0 Å². The van der Waals surface area contributed by atoms with E-state index in [0.717, 1.165) is 0 Å². The average molecular weight is 212 g/mol. The molecule has 15 heavy (non-hydrogen) atoms. The highest BCUT2D eigenvalue weighted by Gasteiger charge is 2.39. The van der Waals surface area contributed by atoms with Gasteiger partial charge in [0.1, 0.15) is 0 Å². The number of esters is 1. The minimum atomic E-state index is -1.30. The zero-order valence-corrected chi connectivity index (χ0v) is 8.57. The van der Waals surface area contributed by atoms with Crippen LogP contribution in [0.1, 0.15) is 19.8 Å². The number of hydrogen-bond donors (Lipinski definition) is 1. The molecule has 0 spiro atoms. The van der Waals surface area contributed by atoms with Crippen molar-refractivity contribution in [2.45, 2.75) is 19.8 Å². The van der Waals surface area contributed by atoms with Crippen molar-refractivity contribution < 1.29 is 24.2 Å². The second kappa shape index (κ2) is 3.84. The lowest BCUT2D eigenvalue weighted by atomic mass is 9.77. The van der Waals surface area contributed by atoms with Gasteiger partial charge in [-0.3, -0.25) is 9.59 Å². The first-order chi connectivity index (χ1) is 6.90. The number of aliphatic carboxylic acids is 1. The molecule has 0 aromatic carbocycles. The largest absolute Gasteiger partial charge is 0.478 e. The van der Waals surface area contributed by atoms with Gasteiger partial charge in [-0.05, 0) is 19.4 Å². The highest BCUT2D eigenvalue weighted by molar-refractivity contribution is 6.17. The van der Waals surface area contributed by atoms with Gasteiger partial charge in [0, 0.05) is 6.42 Å². The lowest BCUT2D eigenvalue weighted by molar-refractivity contribution is -0.149. The molecule has 0 heterocycles. The number of carbonyl (C=O) groups excluding carboxylic acids is 2. The Kier molecular flexibility index (Phi) is 2.93. The molecular weight excluding hydrogens is 200 g/mol. The van der Waals surface area contributed by atoms with Gasteiger partial charge in [-0.25, -0.2) is 4.79 Å². The first kappa shape index (κ1) is 11.4. The summed E-state index contributed by atoms with van der Waals surface area (Å²) in [4.78, 5) is 33.3. The van der Waals surface area contributed by atoms with Crippen LogP contribution in [0.4, 0.5) is 0 Å². The fourth-order valence-electron chi connectivity index (χ4n) is 1.55. The fourth-order valence-corrected chi connectivity index (χ4v) is 1.55. The normalized spacial score (nSPS) is 25.7. The number of ether oxygens (including phenoxy) is 1. The Bertz CT molecular complexity index is 355. The van der Waals surface area contributed by atoms with Crippen LogP contribution < -0.4 is 0 Å². The molecule has 0 unspecified atom stereocenters. The Morgan fingerprint density at radius 2 is 2.13 bits per heavy atom. The Labute approximate surface area is 86.7 Å². The van der Waals surface area contributed by atoms with E-state index in [4.69, 9.17) is 5.11 Å². The van der Waals surface area contributed by atoms with Crippen LogP contribution in [0.25, 0.3) is 0 Å². The number of rotatable bonds is 2. The number of carboxylic acids is 1. The first-order valence-electron chi connectivity index (χ1n) is 4.48. The molecule has 0 aliphatic heterocycles. The molecular formula is C10H12O5. The summed E-state index contributed by atoms with van der Waals surface area (Å²) >= 11 is 0. The minimum absolute atomic E-state index is 0.0593. The SMILES string of the molecule is COC(=O)[C@@]1(C)C=C(C(=O)O)C(=O)CC1. The van der Waals surface area contributed by atoms with Gasteiger partial charge in [0.15, 0.2) is 5.78 Å². The molecule has 0 fully saturated rings. The lowest BCUT2D eigenvalue weighted by Gasteiger charge is -2.26. The first-order valence-corrected chi connectivity index (χ1v) is 4.48. The van der Waals surface area contributed by atoms with E-state index < -0.39 is 23.1 Å². The maximum Gasteiger partial charge on any atom is 0.339 e. The Balaban J connectivity index is 3.11. The van der Waals surface area contributed by atoms with E-state index >= 15 is 0 Å². The van der Waals surface area contributed by atoms with E-state index in [9.17, 15) is 14.4 Å². The van der Waals surface area contributed by atoms with Gasteiger partial charge in [-0.15, -0.1) is 0 Å². The van der Waals surface area contributed by atoms with Crippen LogP contribution in [-0.2, 0) is 19.1 Å². The van der Waals surface area contributed by atoms with Crippen molar-refractivity contribution in [1.29, 1.82) is 0 Å². The third-order valence-corrected chi connectivity index (χ3v) is 2.52. The molecule has 1 aliphatic carbocycles. The van der Waals surface area contributed by atoms with Crippen molar-refractivity contribution in [1.82, 2.24) is 0 Å². The summed E-state index contributed by atoms with van der Waals surface area (Å²) in [7, 11) is 1.23. The van der Waals surface area contributed by atoms with Gasteiger partial charge < -0.3 is 9.84 Å². The average Bonchev–Trinajstić information content (AvgIpc) is 2.20. The number of carbonyl (C=O) groups is 3. The van der Waals surface area contributed by atoms with E-state index in [0.29, 0.717) is 0 Å². The maximum absolute atomic E-state index is 11.4. The van der Waals surface area contributed by atoms with Crippen LogP contribution in [0.2, 0.25) is 0 Å². The van der Waals surface area contributed by atoms with Gasteiger partial charge in [-0.1, -0.05) is 0 Å². The van der Waals surface area contributed by atoms with E-state index in [1.54, 1.807) is 6.92 Å². The third-order valence-electron chi connectivity index (χ3n) is 2.52. The zero-order chi connectivity index (χ0) is 11.6. The molecule has 1 rings (SSSR count). The fraction of sp³-hybridized carbons (Fsp3) is 0.500. The summed E-state index contributed by atoms with van der Waals surface area (Å²) < 4.78 is 4.57. The quantitative estimate of drug-likeness (QED) is 0.533. The molecule has 1 atom stereocenters. The second-order valence-corrected chi connectivity index (χ2v) is 3.70. The van der Waals surface area contributed by atoms with Crippen molar-refractivity contribution in [2.24, 2.45) is 5.41 Å². The molecule has 0 bridgehead atoms. The molecule has 1 N–H and O–H groups in total. The standard InChI is InChI=1S/C10H12O5/c1-10(9(14)15-2)4-3-7(11)6(5-10)8(12)13/h5H,3-4H2,1-2H3,(H,12,13)/t10-/m1/s1. The number of Topliss-reactive ketones (excluding diaryl/α,β-unsaturated/α-hetero) is 1. The molecule has 0 radical (unpaired) electrons. The Hall–Kier alpha value is -1.65. The highest BCUT2D eigenvalue weighted by Crippen LogP contribution is 2.33. The van der Waals surface area contributed by atoms with Crippen LogP contribution in [0.15, 0.2) is 11.6 Å². The summed E-state index contributed by atoms with van der Waals surface area (Å²) in [5.41, 5.74) is -1.33. The topological polar surface area (TPSA) is 80.7 Å². The number of ketones is 1. The molecule has 0 aromatic rings. The van der Waals surface area contributed by atoms with E-state index in [1.807, 2.05) is 0 Å². The van der Waals surface area contributed by atoms with Crippen molar-refractivity contribution >= 4 is 17.7 Å². The molecule has 5 heteroatoms. The van der Waals surface area contributed by atoms with Gasteiger partial charge in [0.25, 0.3) is 0 Å². The monoisotopic (exact) mass is 212 g/mol. The minimum Gasteiger partial charge on any atom is -0.478 e. The Morgan fingerprint density at radius 3 is 2.60 bits per heavy atom. The third kappa shape index (κ3) is 2.06. The Morgan fingerprint density at radius 1 is 1.53 bits per heavy atom. The van der Waals surface area contributed by atoms with Crippen molar-refractivity contribution in [2.75, 3.05) is 7.11 Å². The van der Waals surface area contributed by atoms with Gasteiger partial charge in [-0.2, -0.15) is 0 Å². The van der Waals surface area contributed by atoms with Crippen LogP contribution >= 0.6 is 0 Å². The lowest BCUT2D eigenvalue weighted by Crippen LogP contribution is -2.33. The molecule has 0 saturated heterocycles. The predicted molar refractivity (Wildman–Crippen MR) is 50.1 cm³/mol. The zero-order valence-electron chi connectivity index (χ0n) is 8.57. The summed E-state index contributed by atoms with van der Waals surface area (Å²) in [6.07, 6.45) is 1.53. The molecule has 5 nitrogen and oxygen atoms in total. The van der Waals surface area contributed by atoms with Crippen molar-refractivity contribution in [3.63, 3.8) is 0 Å². The van der Waals surface area contributed by atoms with Crippen LogP contribution in [0.5, 0.6) is 0 Å². The summed E-state index contributed by atoms with van der Waals surface area (Å²) in [5.74, 6) is -2.26. The summed E-state index contributed by atoms with van der Waals surface area (Å²) in [6.45, 7) is 1.56. The summed E-state index contributed by atoms with van der Waals surface area (Å²) in [6, 6.07) is 0. The molecule has 0 amide bonds. The maximum atomic E-state index is 11.4. The second-order valence-electron chi connectivity index (χ2n) is 3.70. The molecule has 0 saturated carbocycles. The van der Waals surface area contributed by atoms with Gasteiger partial charge >= 0.3 is 11.9 Å². The smallest absolute Gasteiger partial charge is 0.339 e. The molecule has 1 aliphatic rings. The van der Waals surface area contributed by atoms with E-state index in [1.165, 1.54) is 13.2 Å².